The third-order valence-corrected chi connectivity index (χ3v) is 2.35. The monoisotopic (exact) mass is 191 g/mol. The van der Waals surface area contributed by atoms with Crippen molar-refractivity contribution < 1.29 is 4.79 Å². The molecule has 14 heavy (non-hydrogen) atoms. The predicted octanol–water partition coefficient (Wildman–Crippen LogP) is 0.631. The number of aromatic nitrogens is 2. The predicted molar refractivity (Wildman–Crippen MR) is 52.6 cm³/mol. The number of nitrogens with zero attached hydrogens (tertiary/aromatic N) is 2. The zero-order valence-corrected chi connectivity index (χ0v) is 7.99. The van der Waals surface area contributed by atoms with Crippen LogP contribution in [0.2, 0.25) is 0 Å². The Balaban J connectivity index is 1.97. The molecule has 2 heterocycles. The largest absolute Gasteiger partial charge is 0.347 e. The molecule has 1 N–H and O–H groups in total. The highest BCUT2D eigenvalue weighted by Crippen LogP contribution is 2.14. The van der Waals surface area contributed by atoms with Gasteiger partial charge in [-0.25, -0.2) is 0 Å². The van der Waals surface area contributed by atoms with Crippen molar-refractivity contribution in [3.63, 3.8) is 0 Å². The van der Waals surface area contributed by atoms with Gasteiger partial charge in [0.05, 0.1) is 12.2 Å². The fourth-order valence-electron chi connectivity index (χ4n) is 1.66. The van der Waals surface area contributed by atoms with Gasteiger partial charge in [-0.2, -0.15) is 5.10 Å². The van der Waals surface area contributed by atoms with Gasteiger partial charge < -0.3 is 5.32 Å². The van der Waals surface area contributed by atoms with Gasteiger partial charge in [-0.3, -0.25) is 9.48 Å². The van der Waals surface area contributed by atoms with E-state index >= 15 is 0 Å². The molecular formula is C10H13N3O. The van der Waals surface area contributed by atoms with Crippen molar-refractivity contribution in [1.29, 1.82) is 0 Å². The quantitative estimate of drug-likeness (QED) is 0.712. The molecule has 4 heteroatoms. The first-order chi connectivity index (χ1) is 6.79. The maximum absolute atomic E-state index is 10.9. The second-order valence-corrected chi connectivity index (χ2v) is 3.38. The fourth-order valence-corrected chi connectivity index (χ4v) is 1.66. The summed E-state index contributed by atoms with van der Waals surface area (Å²) in [5.74, 6) is -0.154. The number of hydrogen-bond acceptors (Lipinski definition) is 2. The third-order valence-electron chi connectivity index (χ3n) is 2.35. The number of carbonyl (C=O) groups excluding carboxylic acids is 1. The van der Waals surface area contributed by atoms with Crippen LogP contribution >= 0.6 is 0 Å². The summed E-state index contributed by atoms with van der Waals surface area (Å²) in [5, 5.41) is 7.07. The molecule has 1 amide bonds. The van der Waals surface area contributed by atoms with E-state index in [1.54, 1.807) is 0 Å². The van der Waals surface area contributed by atoms with E-state index in [2.05, 4.69) is 23.1 Å². The molecule has 1 aliphatic heterocycles. The molecule has 0 atom stereocenters. The zero-order valence-electron chi connectivity index (χ0n) is 7.99. The van der Waals surface area contributed by atoms with E-state index in [0.29, 0.717) is 6.54 Å². The van der Waals surface area contributed by atoms with Crippen molar-refractivity contribution >= 4 is 5.91 Å². The number of rotatable bonds is 3. The summed E-state index contributed by atoms with van der Waals surface area (Å²) in [6.45, 7) is 4.88. The number of aryl methyl sites for hydroxylation is 2. The van der Waals surface area contributed by atoms with Crippen LogP contribution in [0, 0.1) is 0 Å². The standard InChI is InChI=1S/C10H13N3O/c1-2-10(14)11-7-8-6-9-4-3-5-13(9)12-8/h2,6H,1,3-5,7H2,(H,11,14). The maximum atomic E-state index is 10.9. The van der Waals surface area contributed by atoms with Crippen molar-refractivity contribution in [2.45, 2.75) is 25.9 Å². The van der Waals surface area contributed by atoms with Crippen LogP contribution in [0.4, 0.5) is 0 Å². The van der Waals surface area contributed by atoms with Crippen molar-refractivity contribution in [3.8, 4) is 0 Å². The van der Waals surface area contributed by atoms with E-state index < -0.39 is 0 Å². The topological polar surface area (TPSA) is 46.9 Å². The van der Waals surface area contributed by atoms with Crippen molar-refractivity contribution in [2.24, 2.45) is 0 Å². The Morgan fingerprint density at radius 1 is 1.79 bits per heavy atom. The Labute approximate surface area is 82.6 Å². The summed E-state index contributed by atoms with van der Waals surface area (Å²) in [6.07, 6.45) is 3.55. The van der Waals surface area contributed by atoms with Gasteiger partial charge in [0.15, 0.2) is 0 Å². The van der Waals surface area contributed by atoms with Gasteiger partial charge in [-0.1, -0.05) is 6.58 Å². The van der Waals surface area contributed by atoms with E-state index in [0.717, 1.165) is 18.7 Å². The molecule has 0 saturated carbocycles. The number of fused-ring (bicyclic) bond motifs is 1. The molecule has 0 saturated heterocycles. The summed E-state index contributed by atoms with van der Waals surface area (Å²) in [5.41, 5.74) is 2.20. The van der Waals surface area contributed by atoms with Crippen LogP contribution in [0.3, 0.4) is 0 Å². The second kappa shape index (κ2) is 3.65. The van der Waals surface area contributed by atoms with Gasteiger partial charge >= 0.3 is 0 Å². The van der Waals surface area contributed by atoms with E-state index in [4.69, 9.17) is 0 Å². The van der Waals surface area contributed by atoms with Gasteiger partial charge in [-0.05, 0) is 25.0 Å². The maximum Gasteiger partial charge on any atom is 0.243 e. The van der Waals surface area contributed by atoms with Gasteiger partial charge in [0.1, 0.15) is 0 Å². The molecule has 74 valence electrons. The molecular weight excluding hydrogens is 178 g/mol. The molecule has 1 aromatic rings. The van der Waals surface area contributed by atoms with Crippen LogP contribution in [-0.2, 0) is 24.3 Å². The van der Waals surface area contributed by atoms with Crippen LogP contribution in [0.5, 0.6) is 0 Å². The normalized spacial score (nSPS) is 13.7. The van der Waals surface area contributed by atoms with Gasteiger partial charge in [-0.15, -0.1) is 0 Å². The highest BCUT2D eigenvalue weighted by atomic mass is 16.1. The van der Waals surface area contributed by atoms with Crippen LogP contribution < -0.4 is 5.32 Å². The summed E-state index contributed by atoms with van der Waals surface area (Å²) >= 11 is 0. The lowest BCUT2D eigenvalue weighted by atomic mass is 10.2. The lowest BCUT2D eigenvalue weighted by Crippen LogP contribution is -2.20. The fraction of sp³-hybridized carbons (Fsp3) is 0.400. The Morgan fingerprint density at radius 2 is 2.64 bits per heavy atom. The molecule has 0 bridgehead atoms. The molecule has 1 aromatic heterocycles. The highest BCUT2D eigenvalue weighted by Gasteiger charge is 2.13. The van der Waals surface area contributed by atoms with Crippen molar-refractivity contribution in [1.82, 2.24) is 15.1 Å². The Morgan fingerprint density at radius 3 is 3.36 bits per heavy atom. The first-order valence-electron chi connectivity index (χ1n) is 4.75. The molecule has 4 nitrogen and oxygen atoms in total. The minimum absolute atomic E-state index is 0.154. The SMILES string of the molecule is C=CC(=O)NCc1cc2n(n1)CCC2. The van der Waals surface area contributed by atoms with E-state index in [-0.39, 0.29) is 5.91 Å². The van der Waals surface area contributed by atoms with E-state index in [9.17, 15) is 4.79 Å². The molecule has 1 aliphatic rings. The zero-order chi connectivity index (χ0) is 9.97. The number of amides is 1. The van der Waals surface area contributed by atoms with Crippen molar-refractivity contribution in [2.75, 3.05) is 0 Å². The van der Waals surface area contributed by atoms with E-state index in [1.165, 1.54) is 18.2 Å². The minimum atomic E-state index is -0.154. The van der Waals surface area contributed by atoms with Crippen molar-refractivity contribution in [3.05, 3.63) is 30.1 Å². The molecule has 2 rings (SSSR count). The molecule has 0 fully saturated rings. The summed E-state index contributed by atoms with van der Waals surface area (Å²) in [4.78, 5) is 10.9. The molecule has 0 aliphatic carbocycles. The lowest BCUT2D eigenvalue weighted by Gasteiger charge is -1.97. The first-order valence-corrected chi connectivity index (χ1v) is 4.75. The average molecular weight is 191 g/mol. The van der Waals surface area contributed by atoms with Crippen LogP contribution in [0.15, 0.2) is 18.7 Å². The van der Waals surface area contributed by atoms with Crippen LogP contribution in [0.1, 0.15) is 17.8 Å². The highest BCUT2D eigenvalue weighted by molar-refractivity contribution is 5.86. The number of hydrogen-bond donors (Lipinski definition) is 1. The number of nitrogens with one attached hydrogen (secondary N) is 1. The van der Waals surface area contributed by atoms with Crippen LogP contribution in [0.25, 0.3) is 0 Å². The molecule has 0 radical (unpaired) electrons. The van der Waals surface area contributed by atoms with E-state index in [1.807, 2.05) is 4.68 Å². The second-order valence-electron chi connectivity index (χ2n) is 3.38. The van der Waals surface area contributed by atoms with Gasteiger partial charge in [0, 0.05) is 12.2 Å². The Hall–Kier alpha value is -1.58. The average Bonchev–Trinajstić information content (AvgIpc) is 2.73. The van der Waals surface area contributed by atoms with Crippen LogP contribution in [-0.4, -0.2) is 15.7 Å². The minimum Gasteiger partial charge on any atom is -0.347 e. The van der Waals surface area contributed by atoms with Gasteiger partial charge in [0.2, 0.25) is 5.91 Å². The summed E-state index contributed by atoms with van der Waals surface area (Å²) < 4.78 is 2.01. The third kappa shape index (κ3) is 1.69. The number of carbonyl (C=O) groups is 1. The Bertz CT molecular complexity index is 346. The molecule has 0 unspecified atom stereocenters. The molecule has 0 aromatic carbocycles. The summed E-state index contributed by atoms with van der Waals surface area (Å²) in [7, 11) is 0. The smallest absolute Gasteiger partial charge is 0.243 e. The Kier molecular flexibility index (Phi) is 2.35. The first kappa shape index (κ1) is 8.99. The summed E-state index contributed by atoms with van der Waals surface area (Å²) in [6, 6.07) is 2.05. The van der Waals surface area contributed by atoms with Gasteiger partial charge in [0.25, 0.3) is 0 Å². The molecule has 0 spiro atoms. The lowest BCUT2D eigenvalue weighted by molar-refractivity contribution is -0.116.